The maximum atomic E-state index is 13.1. The van der Waals surface area contributed by atoms with Crippen LogP contribution in [0, 0.1) is 0 Å². The normalized spacial score (nSPS) is 14.7. The Morgan fingerprint density at radius 1 is 1.03 bits per heavy atom. The molecule has 1 N–H and O–H groups in total. The predicted molar refractivity (Wildman–Crippen MR) is 147 cm³/mol. The zero-order valence-corrected chi connectivity index (χ0v) is 22.8. The summed E-state index contributed by atoms with van der Waals surface area (Å²) in [7, 11) is 0. The minimum atomic E-state index is -0.374. The van der Waals surface area contributed by atoms with E-state index in [1.807, 2.05) is 52.0 Å². The summed E-state index contributed by atoms with van der Waals surface area (Å²) < 4.78 is 16.9. The van der Waals surface area contributed by atoms with Crippen molar-refractivity contribution >= 4 is 28.2 Å². The molecule has 6 nitrogen and oxygen atoms in total. The number of hydrogen-bond acceptors (Lipinski definition) is 6. The molecule has 0 radical (unpaired) electrons. The Bertz CT molecular complexity index is 1230. The Hall–Kier alpha value is -3.32. The Morgan fingerprint density at radius 2 is 1.76 bits per heavy atom. The van der Waals surface area contributed by atoms with Crippen molar-refractivity contribution in [3.05, 3.63) is 75.7 Å². The fraction of sp³-hybridized carbons (Fsp3) is 0.400. The van der Waals surface area contributed by atoms with Gasteiger partial charge in [0.05, 0.1) is 31.3 Å². The molecule has 37 heavy (non-hydrogen) atoms. The molecule has 7 heteroatoms. The van der Waals surface area contributed by atoms with Gasteiger partial charge >= 0.3 is 5.97 Å². The number of thiophene rings is 1. The number of carbonyl (C=O) groups is 2. The van der Waals surface area contributed by atoms with Crippen LogP contribution in [0.25, 0.3) is 0 Å². The number of amides is 1. The van der Waals surface area contributed by atoms with Gasteiger partial charge in [-0.1, -0.05) is 36.4 Å². The van der Waals surface area contributed by atoms with Crippen molar-refractivity contribution < 1.29 is 23.8 Å². The monoisotopic (exact) mass is 521 g/mol. The molecule has 0 saturated heterocycles. The van der Waals surface area contributed by atoms with E-state index in [1.165, 1.54) is 16.9 Å². The first-order chi connectivity index (χ1) is 17.9. The molecule has 1 atom stereocenters. The number of carbonyl (C=O) groups excluding carboxylic acids is 2. The summed E-state index contributed by atoms with van der Waals surface area (Å²) in [5, 5.41) is 3.60. The van der Waals surface area contributed by atoms with Crippen molar-refractivity contribution in [3.63, 3.8) is 0 Å². The van der Waals surface area contributed by atoms with E-state index >= 15 is 0 Å². The van der Waals surface area contributed by atoms with Crippen molar-refractivity contribution in [2.75, 3.05) is 18.5 Å². The van der Waals surface area contributed by atoms with Crippen LogP contribution in [0.4, 0.5) is 5.00 Å². The number of esters is 1. The van der Waals surface area contributed by atoms with Crippen molar-refractivity contribution in [2.45, 2.75) is 65.4 Å². The van der Waals surface area contributed by atoms with Crippen LogP contribution in [0.2, 0.25) is 0 Å². The molecule has 1 aliphatic rings. The lowest BCUT2D eigenvalue weighted by Gasteiger charge is -2.23. The zero-order chi connectivity index (χ0) is 26.4. The highest BCUT2D eigenvalue weighted by Crippen LogP contribution is 2.43. The van der Waals surface area contributed by atoms with Crippen LogP contribution in [-0.4, -0.2) is 31.2 Å². The summed E-state index contributed by atoms with van der Waals surface area (Å²) in [4.78, 5) is 27.4. The van der Waals surface area contributed by atoms with Gasteiger partial charge in [0.15, 0.2) is 11.5 Å². The molecule has 0 aliphatic heterocycles. The molecule has 3 aromatic rings. The predicted octanol–water partition coefficient (Wildman–Crippen LogP) is 6.56. The molecular weight excluding hydrogens is 486 g/mol. The largest absolute Gasteiger partial charge is 0.490 e. The molecule has 2 aromatic carbocycles. The quantitative estimate of drug-likeness (QED) is 0.306. The van der Waals surface area contributed by atoms with Gasteiger partial charge in [-0.2, -0.15) is 0 Å². The van der Waals surface area contributed by atoms with Crippen LogP contribution >= 0.6 is 11.3 Å². The molecule has 0 bridgehead atoms. The Labute approximate surface area is 223 Å². The molecule has 1 heterocycles. The number of benzene rings is 2. The van der Waals surface area contributed by atoms with E-state index in [9.17, 15) is 9.59 Å². The van der Waals surface area contributed by atoms with Gasteiger partial charge in [0, 0.05) is 4.88 Å². The third kappa shape index (κ3) is 6.52. The van der Waals surface area contributed by atoms with Crippen LogP contribution in [-0.2, 0) is 28.8 Å². The molecule has 1 unspecified atom stereocenters. The first-order valence-electron chi connectivity index (χ1n) is 13.0. The molecular formula is C30H35NO5S. The highest BCUT2D eigenvalue weighted by atomic mass is 32.1. The van der Waals surface area contributed by atoms with E-state index < -0.39 is 0 Å². The van der Waals surface area contributed by atoms with E-state index in [-0.39, 0.29) is 24.4 Å². The summed E-state index contributed by atoms with van der Waals surface area (Å²) in [6.45, 7) is 8.53. The Balaban J connectivity index is 1.57. The molecule has 1 aromatic heterocycles. The minimum Gasteiger partial charge on any atom is -0.490 e. The number of hydrogen-bond donors (Lipinski definition) is 1. The van der Waals surface area contributed by atoms with Crippen molar-refractivity contribution in [1.29, 1.82) is 0 Å². The van der Waals surface area contributed by atoms with E-state index in [0.29, 0.717) is 41.2 Å². The standard InChI is InChI=1S/C30H35NO5S/c1-5-34-24-15-12-20(16-25(24)35-6-2)17-27(32)31-29-28(30(33)36-19(3)4)23-14-13-22(18-26(23)37-29)21-10-8-7-9-11-21/h7-12,15-16,19,22H,5-6,13-14,17-18H2,1-4H3,(H,31,32). The van der Waals surface area contributed by atoms with Crippen LogP contribution in [0.1, 0.15) is 72.0 Å². The lowest BCUT2D eigenvalue weighted by Crippen LogP contribution is -2.19. The summed E-state index contributed by atoms with van der Waals surface area (Å²) in [5.41, 5.74) is 3.63. The molecule has 1 aliphatic carbocycles. The molecule has 4 rings (SSSR count). The van der Waals surface area contributed by atoms with Gasteiger partial charge < -0.3 is 19.5 Å². The topological polar surface area (TPSA) is 73.9 Å². The van der Waals surface area contributed by atoms with E-state index in [4.69, 9.17) is 14.2 Å². The second-order valence-electron chi connectivity index (χ2n) is 9.38. The van der Waals surface area contributed by atoms with Gasteiger partial charge in [-0.15, -0.1) is 11.3 Å². The first-order valence-corrected chi connectivity index (χ1v) is 13.8. The van der Waals surface area contributed by atoms with Crippen LogP contribution in [0.15, 0.2) is 48.5 Å². The average Bonchev–Trinajstić information content (AvgIpc) is 3.23. The van der Waals surface area contributed by atoms with Gasteiger partial charge in [-0.05, 0) is 81.7 Å². The van der Waals surface area contributed by atoms with Crippen LogP contribution in [0.5, 0.6) is 11.5 Å². The second kappa shape index (κ2) is 12.3. The fourth-order valence-corrected chi connectivity index (χ4v) is 6.07. The maximum absolute atomic E-state index is 13.1. The lowest BCUT2D eigenvalue weighted by atomic mass is 9.83. The van der Waals surface area contributed by atoms with Crippen molar-refractivity contribution in [3.8, 4) is 11.5 Å². The molecule has 1 amide bonds. The van der Waals surface area contributed by atoms with E-state index in [2.05, 4.69) is 29.6 Å². The minimum absolute atomic E-state index is 0.153. The summed E-state index contributed by atoms with van der Waals surface area (Å²) >= 11 is 1.50. The summed E-state index contributed by atoms with van der Waals surface area (Å²) in [6, 6.07) is 16.0. The number of ether oxygens (including phenoxy) is 3. The smallest absolute Gasteiger partial charge is 0.341 e. The van der Waals surface area contributed by atoms with Gasteiger partial charge in [0.2, 0.25) is 5.91 Å². The first kappa shape index (κ1) is 26.7. The summed E-state index contributed by atoms with van der Waals surface area (Å²) in [5.74, 6) is 1.11. The molecule has 196 valence electrons. The molecule has 0 saturated carbocycles. The molecule has 0 spiro atoms. The van der Waals surface area contributed by atoms with Gasteiger partial charge in [-0.3, -0.25) is 4.79 Å². The number of nitrogens with one attached hydrogen (secondary N) is 1. The number of fused-ring (bicyclic) bond motifs is 1. The van der Waals surface area contributed by atoms with Crippen LogP contribution in [0.3, 0.4) is 0 Å². The Kier molecular flexibility index (Phi) is 8.87. The highest BCUT2D eigenvalue weighted by Gasteiger charge is 2.31. The number of rotatable bonds is 10. The fourth-order valence-electron chi connectivity index (χ4n) is 4.73. The van der Waals surface area contributed by atoms with Gasteiger partial charge in [0.1, 0.15) is 5.00 Å². The number of anilines is 1. The van der Waals surface area contributed by atoms with E-state index in [1.54, 1.807) is 0 Å². The highest BCUT2D eigenvalue weighted by molar-refractivity contribution is 7.17. The Morgan fingerprint density at radius 3 is 2.46 bits per heavy atom. The third-order valence-electron chi connectivity index (χ3n) is 6.31. The van der Waals surface area contributed by atoms with Crippen molar-refractivity contribution in [2.24, 2.45) is 0 Å². The lowest BCUT2D eigenvalue weighted by molar-refractivity contribution is -0.115. The van der Waals surface area contributed by atoms with Crippen LogP contribution < -0.4 is 14.8 Å². The van der Waals surface area contributed by atoms with Gasteiger partial charge in [-0.25, -0.2) is 4.79 Å². The van der Waals surface area contributed by atoms with E-state index in [0.717, 1.165) is 35.3 Å². The van der Waals surface area contributed by atoms with Crippen molar-refractivity contribution in [1.82, 2.24) is 0 Å². The second-order valence-corrected chi connectivity index (χ2v) is 10.5. The average molecular weight is 522 g/mol. The zero-order valence-electron chi connectivity index (χ0n) is 22.0. The van der Waals surface area contributed by atoms with Gasteiger partial charge in [0.25, 0.3) is 0 Å². The maximum Gasteiger partial charge on any atom is 0.341 e. The SMILES string of the molecule is CCOc1ccc(CC(=O)Nc2sc3c(c2C(=O)OC(C)C)CCC(c2ccccc2)C3)cc1OCC. The third-order valence-corrected chi connectivity index (χ3v) is 7.48. The molecule has 0 fully saturated rings. The summed E-state index contributed by atoms with van der Waals surface area (Å²) in [6.07, 6.45) is 2.49.